The van der Waals surface area contributed by atoms with Crippen LogP contribution in [0, 0.1) is 5.41 Å². The van der Waals surface area contributed by atoms with Crippen molar-refractivity contribution in [1.29, 1.82) is 0 Å². The van der Waals surface area contributed by atoms with Crippen LogP contribution in [0.15, 0.2) is 0 Å². The number of aliphatic hydroxyl groups is 1. The lowest BCUT2D eigenvalue weighted by Gasteiger charge is -2.50. The van der Waals surface area contributed by atoms with Gasteiger partial charge >= 0.3 is 0 Å². The zero-order valence-electron chi connectivity index (χ0n) is 9.18. The van der Waals surface area contributed by atoms with E-state index in [1.165, 1.54) is 12.2 Å². The van der Waals surface area contributed by atoms with E-state index < -0.39 is 0 Å². The maximum absolute atomic E-state index is 8.87. The molecule has 14 heavy (non-hydrogen) atoms. The fourth-order valence-corrected chi connectivity index (χ4v) is 3.76. The molecule has 1 rings (SSSR count). The highest BCUT2D eigenvalue weighted by molar-refractivity contribution is 7.99. The lowest BCUT2D eigenvalue weighted by atomic mass is 9.71. The second kappa shape index (κ2) is 4.84. The summed E-state index contributed by atoms with van der Waals surface area (Å²) >= 11 is 1.96. The third-order valence-electron chi connectivity index (χ3n) is 3.44. The smallest absolute Gasteiger partial charge is 0.0556 e. The fraction of sp³-hybridized carbons (Fsp3) is 1.00. The van der Waals surface area contributed by atoms with Gasteiger partial charge in [-0.15, -0.1) is 0 Å². The average molecular weight is 218 g/mol. The number of β-amino-alcohol motifs (C(OH)–C–C–N with tert-alkyl or cyclic N) is 1. The number of hydrogen-bond donors (Lipinski definition) is 3. The molecule has 4 N–H and O–H groups in total. The van der Waals surface area contributed by atoms with Crippen LogP contribution in [0.3, 0.4) is 0 Å². The molecule has 1 atom stereocenters. The van der Waals surface area contributed by atoms with Crippen LogP contribution < -0.4 is 11.1 Å². The molecule has 0 aromatic carbocycles. The van der Waals surface area contributed by atoms with Crippen LogP contribution >= 0.6 is 11.8 Å². The van der Waals surface area contributed by atoms with Crippen molar-refractivity contribution in [3.8, 4) is 0 Å². The van der Waals surface area contributed by atoms with E-state index in [1.54, 1.807) is 0 Å². The highest BCUT2D eigenvalue weighted by Crippen LogP contribution is 2.41. The highest BCUT2D eigenvalue weighted by atomic mass is 32.2. The van der Waals surface area contributed by atoms with Crippen molar-refractivity contribution in [2.24, 2.45) is 11.1 Å². The van der Waals surface area contributed by atoms with Crippen molar-refractivity contribution in [3.63, 3.8) is 0 Å². The first kappa shape index (κ1) is 12.3. The Bertz CT molecular complexity index is 187. The van der Waals surface area contributed by atoms with Gasteiger partial charge in [0.2, 0.25) is 0 Å². The molecule has 1 heterocycles. The summed E-state index contributed by atoms with van der Waals surface area (Å²) in [6.07, 6.45) is 1.19. The van der Waals surface area contributed by atoms with Crippen LogP contribution in [-0.2, 0) is 0 Å². The quantitative estimate of drug-likeness (QED) is 0.640. The molecule has 1 aliphatic heterocycles. The van der Waals surface area contributed by atoms with Crippen LogP contribution in [0.4, 0.5) is 0 Å². The van der Waals surface area contributed by atoms with Gasteiger partial charge in [-0.1, -0.05) is 13.8 Å². The summed E-state index contributed by atoms with van der Waals surface area (Å²) in [5.74, 6) is 2.27. The van der Waals surface area contributed by atoms with E-state index >= 15 is 0 Å². The molecular formula is C10H22N2OS. The minimum absolute atomic E-state index is 0.00134. The predicted molar refractivity (Wildman–Crippen MR) is 62.6 cm³/mol. The molecule has 1 aliphatic rings. The third kappa shape index (κ3) is 2.24. The van der Waals surface area contributed by atoms with Gasteiger partial charge < -0.3 is 16.2 Å². The number of hydrogen-bond acceptors (Lipinski definition) is 4. The molecule has 1 unspecified atom stereocenters. The van der Waals surface area contributed by atoms with Crippen molar-refractivity contribution >= 4 is 11.8 Å². The maximum atomic E-state index is 8.87. The van der Waals surface area contributed by atoms with E-state index in [-0.39, 0.29) is 17.6 Å². The predicted octanol–water partition coefficient (Wildman–Crippen LogP) is 0.429. The first-order valence-electron chi connectivity index (χ1n) is 5.22. The first-order chi connectivity index (χ1) is 6.58. The van der Waals surface area contributed by atoms with Crippen LogP contribution in [-0.4, -0.2) is 41.8 Å². The molecule has 1 saturated heterocycles. The molecule has 0 aromatic heterocycles. The Hall–Kier alpha value is 0.230. The van der Waals surface area contributed by atoms with Gasteiger partial charge in [0.25, 0.3) is 0 Å². The second-order valence-electron chi connectivity index (χ2n) is 4.62. The third-order valence-corrected chi connectivity index (χ3v) is 4.63. The summed E-state index contributed by atoms with van der Waals surface area (Å²) < 4.78 is 0. The Morgan fingerprint density at radius 2 is 2.21 bits per heavy atom. The Kier molecular flexibility index (Phi) is 4.25. The van der Waals surface area contributed by atoms with Crippen molar-refractivity contribution in [3.05, 3.63) is 0 Å². The summed E-state index contributed by atoms with van der Waals surface area (Å²) in [6.45, 7) is 6.00. The van der Waals surface area contributed by atoms with Gasteiger partial charge in [0.15, 0.2) is 0 Å². The second-order valence-corrected chi connectivity index (χ2v) is 5.73. The van der Waals surface area contributed by atoms with Gasteiger partial charge in [-0.3, -0.25) is 0 Å². The Balaban J connectivity index is 2.72. The number of nitrogens with two attached hydrogens (primary N) is 1. The molecule has 84 valence electrons. The maximum Gasteiger partial charge on any atom is 0.0556 e. The van der Waals surface area contributed by atoms with Crippen LogP contribution in [0.1, 0.15) is 20.3 Å². The monoisotopic (exact) mass is 218 g/mol. The Morgan fingerprint density at radius 3 is 2.71 bits per heavy atom. The standard InChI is InChI=1S/C10H22N2OS/c1-9(2)3-6-14-8-10(9,7-11)12-4-5-13/h12-13H,3-8,11H2,1-2H3. The van der Waals surface area contributed by atoms with Gasteiger partial charge in [0.05, 0.1) is 6.61 Å². The molecule has 0 spiro atoms. The molecule has 0 saturated carbocycles. The van der Waals surface area contributed by atoms with Crippen LogP contribution in [0.2, 0.25) is 0 Å². The van der Waals surface area contributed by atoms with Crippen LogP contribution in [0.25, 0.3) is 0 Å². The topological polar surface area (TPSA) is 58.3 Å². The van der Waals surface area contributed by atoms with E-state index in [4.69, 9.17) is 10.8 Å². The van der Waals surface area contributed by atoms with Gasteiger partial charge in [0.1, 0.15) is 0 Å². The molecular weight excluding hydrogens is 196 g/mol. The van der Waals surface area contributed by atoms with Gasteiger partial charge in [-0.2, -0.15) is 11.8 Å². The van der Waals surface area contributed by atoms with Gasteiger partial charge in [0, 0.05) is 24.4 Å². The van der Waals surface area contributed by atoms with Crippen molar-refractivity contribution in [2.75, 3.05) is 31.2 Å². The number of thioether (sulfide) groups is 1. The minimum atomic E-state index is -0.00134. The molecule has 1 fully saturated rings. The van der Waals surface area contributed by atoms with E-state index in [0.29, 0.717) is 13.1 Å². The zero-order valence-corrected chi connectivity index (χ0v) is 9.99. The molecule has 4 heteroatoms. The zero-order chi connectivity index (χ0) is 10.7. The highest BCUT2D eigenvalue weighted by Gasteiger charge is 2.45. The Labute approximate surface area is 90.8 Å². The largest absolute Gasteiger partial charge is 0.395 e. The van der Waals surface area contributed by atoms with E-state index in [2.05, 4.69) is 19.2 Å². The summed E-state index contributed by atoms with van der Waals surface area (Å²) in [7, 11) is 0. The summed E-state index contributed by atoms with van der Waals surface area (Å²) in [5, 5.41) is 12.3. The summed E-state index contributed by atoms with van der Waals surface area (Å²) in [6, 6.07) is 0. The SMILES string of the molecule is CC1(C)CCSCC1(CN)NCCO. The van der Waals surface area contributed by atoms with Crippen molar-refractivity contribution in [1.82, 2.24) is 5.32 Å². The van der Waals surface area contributed by atoms with E-state index in [1.807, 2.05) is 11.8 Å². The minimum Gasteiger partial charge on any atom is -0.395 e. The molecule has 0 bridgehead atoms. The van der Waals surface area contributed by atoms with Crippen LogP contribution in [0.5, 0.6) is 0 Å². The molecule has 0 aliphatic carbocycles. The van der Waals surface area contributed by atoms with Gasteiger partial charge in [-0.25, -0.2) is 0 Å². The molecule has 0 amide bonds. The number of aliphatic hydroxyl groups excluding tert-OH is 1. The fourth-order valence-electron chi connectivity index (χ4n) is 2.00. The molecule has 0 aromatic rings. The lowest BCUT2D eigenvalue weighted by molar-refractivity contribution is 0.128. The summed E-state index contributed by atoms with van der Waals surface area (Å²) in [4.78, 5) is 0. The van der Waals surface area contributed by atoms with Crippen molar-refractivity contribution < 1.29 is 5.11 Å². The normalized spacial score (nSPS) is 31.7. The summed E-state index contributed by atoms with van der Waals surface area (Å²) in [5.41, 5.74) is 6.12. The van der Waals surface area contributed by atoms with Crippen molar-refractivity contribution in [2.45, 2.75) is 25.8 Å². The number of rotatable bonds is 4. The molecule has 3 nitrogen and oxygen atoms in total. The first-order valence-corrected chi connectivity index (χ1v) is 6.37. The Morgan fingerprint density at radius 1 is 1.50 bits per heavy atom. The average Bonchev–Trinajstić information content (AvgIpc) is 2.16. The molecule has 0 radical (unpaired) electrons. The number of nitrogens with one attached hydrogen (secondary N) is 1. The van der Waals surface area contributed by atoms with E-state index in [0.717, 1.165) is 5.75 Å². The lowest BCUT2D eigenvalue weighted by Crippen LogP contribution is -2.64. The van der Waals surface area contributed by atoms with E-state index in [9.17, 15) is 0 Å². The van der Waals surface area contributed by atoms with Gasteiger partial charge in [-0.05, 0) is 17.6 Å².